The Morgan fingerprint density at radius 2 is 0.636 bits per heavy atom. The van der Waals surface area contributed by atoms with Gasteiger partial charge in [0.1, 0.15) is 0 Å². The molecule has 2 aromatic carbocycles. The first-order valence-corrected chi connectivity index (χ1v) is 8.46. The highest BCUT2D eigenvalue weighted by atomic mass is 14.3. The summed E-state index contributed by atoms with van der Waals surface area (Å²) in [5, 5.41) is 0. The van der Waals surface area contributed by atoms with Crippen LogP contribution >= 0.6 is 0 Å². The SMILES string of the molecule is Cc1c(C)c(C)c2c(c1C)CCc1c(C)c(C)c(C)c(C)c1-2. The van der Waals surface area contributed by atoms with Gasteiger partial charge in [-0.05, 0) is 135 Å². The van der Waals surface area contributed by atoms with Crippen LogP contribution < -0.4 is 0 Å². The molecular weight excluding hydrogens is 264 g/mol. The normalized spacial score (nSPS) is 13.1. The minimum Gasteiger partial charge on any atom is -0.0447 e. The molecule has 0 bridgehead atoms. The first-order chi connectivity index (χ1) is 10.3. The van der Waals surface area contributed by atoms with E-state index in [4.69, 9.17) is 0 Å². The predicted octanol–water partition coefficient (Wildman–Crippen LogP) is 5.92. The number of hydrogen-bond donors (Lipinski definition) is 0. The highest BCUT2D eigenvalue weighted by Gasteiger charge is 2.26. The third-order valence-corrected chi connectivity index (χ3v) is 6.51. The first-order valence-electron chi connectivity index (χ1n) is 8.46. The topological polar surface area (TPSA) is 0 Å². The lowest BCUT2D eigenvalue weighted by Gasteiger charge is -2.31. The van der Waals surface area contributed by atoms with Gasteiger partial charge in [0.2, 0.25) is 0 Å². The second-order valence-electron chi connectivity index (χ2n) is 7.21. The Morgan fingerprint density at radius 3 is 0.955 bits per heavy atom. The van der Waals surface area contributed by atoms with Crippen molar-refractivity contribution in [1.29, 1.82) is 0 Å². The summed E-state index contributed by atoms with van der Waals surface area (Å²) in [6, 6.07) is 0. The van der Waals surface area contributed by atoms with Crippen LogP contribution in [0.3, 0.4) is 0 Å². The van der Waals surface area contributed by atoms with Gasteiger partial charge in [-0.25, -0.2) is 0 Å². The van der Waals surface area contributed by atoms with Gasteiger partial charge < -0.3 is 0 Å². The van der Waals surface area contributed by atoms with Gasteiger partial charge in [0.15, 0.2) is 0 Å². The summed E-state index contributed by atoms with van der Waals surface area (Å²) in [5.41, 5.74) is 18.2. The summed E-state index contributed by atoms with van der Waals surface area (Å²) in [7, 11) is 0. The standard InChI is InChI=1S/C22H28/c1-11-13(3)17(7)21-19(15(11)5)9-10-20-16(6)12(2)14(4)18(8)22(20)21/h9-10H2,1-8H3. The molecule has 3 rings (SSSR count). The molecule has 0 spiro atoms. The van der Waals surface area contributed by atoms with Crippen molar-refractivity contribution >= 4 is 0 Å². The van der Waals surface area contributed by atoms with Crippen molar-refractivity contribution in [3.05, 3.63) is 55.6 Å². The van der Waals surface area contributed by atoms with Gasteiger partial charge in [0.25, 0.3) is 0 Å². The van der Waals surface area contributed by atoms with Crippen LogP contribution in [0.4, 0.5) is 0 Å². The summed E-state index contributed by atoms with van der Waals surface area (Å²) in [6.45, 7) is 18.4. The molecule has 22 heavy (non-hydrogen) atoms. The van der Waals surface area contributed by atoms with Gasteiger partial charge in [-0.2, -0.15) is 0 Å². The highest BCUT2D eigenvalue weighted by molar-refractivity contribution is 5.83. The zero-order valence-electron chi connectivity index (χ0n) is 15.4. The Hall–Kier alpha value is -1.56. The molecule has 1 aliphatic rings. The molecule has 0 unspecified atom stereocenters. The largest absolute Gasteiger partial charge is 0.0447 e. The molecule has 0 N–H and O–H groups in total. The lowest BCUT2D eigenvalue weighted by molar-refractivity contribution is 0.901. The molecule has 116 valence electrons. The van der Waals surface area contributed by atoms with E-state index in [0.29, 0.717) is 0 Å². The summed E-state index contributed by atoms with van der Waals surface area (Å²) < 4.78 is 0. The van der Waals surface area contributed by atoms with E-state index < -0.39 is 0 Å². The zero-order chi connectivity index (χ0) is 16.3. The van der Waals surface area contributed by atoms with E-state index in [2.05, 4.69) is 55.4 Å². The molecule has 0 aliphatic heterocycles. The van der Waals surface area contributed by atoms with Gasteiger partial charge >= 0.3 is 0 Å². The number of fused-ring (bicyclic) bond motifs is 3. The van der Waals surface area contributed by atoms with Gasteiger partial charge in [0, 0.05) is 0 Å². The van der Waals surface area contributed by atoms with Crippen LogP contribution in [-0.4, -0.2) is 0 Å². The first kappa shape index (κ1) is 15.3. The van der Waals surface area contributed by atoms with Crippen molar-refractivity contribution < 1.29 is 0 Å². The Bertz CT molecular complexity index is 735. The molecule has 0 saturated carbocycles. The number of rotatable bonds is 0. The van der Waals surface area contributed by atoms with Crippen LogP contribution in [0.15, 0.2) is 0 Å². The molecule has 0 nitrogen and oxygen atoms in total. The molecule has 0 heterocycles. The average molecular weight is 292 g/mol. The average Bonchev–Trinajstić information content (AvgIpc) is 2.52. The monoisotopic (exact) mass is 292 g/mol. The lowest BCUT2D eigenvalue weighted by Crippen LogP contribution is -2.14. The van der Waals surface area contributed by atoms with E-state index >= 15 is 0 Å². The molecule has 0 radical (unpaired) electrons. The van der Waals surface area contributed by atoms with E-state index in [0.717, 1.165) is 0 Å². The van der Waals surface area contributed by atoms with Crippen LogP contribution in [-0.2, 0) is 12.8 Å². The number of hydrogen-bond acceptors (Lipinski definition) is 0. The fourth-order valence-electron chi connectivity index (χ4n) is 4.33. The molecule has 0 fully saturated rings. The molecule has 2 aromatic rings. The lowest BCUT2D eigenvalue weighted by atomic mass is 9.74. The van der Waals surface area contributed by atoms with Crippen LogP contribution in [0.25, 0.3) is 11.1 Å². The summed E-state index contributed by atoms with van der Waals surface area (Å²) in [4.78, 5) is 0. The van der Waals surface area contributed by atoms with Gasteiger partial charge in [-0.15, -0.1) is 0 Å². The minimum absolute atomic E-state index is 1.19. The van der Waals surface area contributed by atoms with E-state index in [9.17, 15) is 0 Å². The zero-order valence-corrected chi connectivity index (χ0v) is 15.4. The molecule has 1 aliphatic carbocycles. The molecular formula is C22H28. The maximum absolute atomic E-state index is 2.32. The van der Waals surface area contributed by atoms with E-state index in [-0.39, 0.29) is 0 Å². The van der Waals surface area contributed by atoms with E-state index in [1.807, 2.05) is 0 Å². The van der Waals surface area contributed by atoms with Crippen LogP contribution in [0.5, 0.6) is 0 Å². The quantitative estimate of drug-likeness (QED) is 0.565. The molecule has 0 amide bonds. The maximum atomic E-state index is 2.32. The maximum Gasteiger partial charge on any atom is -0.0111 e. The van der Waals surface area contributed by atoms with E-state index in [1.54, 1.807) is 22.3 Å². The van der Waals surface area contributed by atoms with Crippen molar-refractivity contribution in [3.8, 4) is 11.1 Å². The molecule has 0 atom stereocenters. The van der Waals surface area contributed by atoms with Gasteiger partial charge in [-0.1, -0.05) is 0 Å². The summed E-state index contributed by atoms with van der Waals surface area (Å²) >= 11 is 0. The minimum atomic E-state index is 1.19. The molecule has 0 heteroatoms. The van der Waals surface area contributed by atoms with Crippen LogP contribution in [0.1, 0.15) is 55.6 Å². The Morgan fingerprint density at radius 1 is 0.364 bits per heavy atom. The second-order valence-corrected chi connectivity index (χ2v) is 7.21. The Balaban J connectivity index is 2.51. The van der Waals surface area contributed by atoms with Crippen LogP contribution in [0, 0.1) is 55.4 Å². The fraction of sp³-hybridized carbons (Fsp3) is 0.455. The second kappa shape index (κ2) is 4.98. The van der Waals surface area contributed by atoms with E-state index in [1.165, 1.54) is 57.3 Å². The van der Waals surface area contributed by atoms with Crippen molar-refractivity contribution in [2.45, 2.75) is 68.2 Å². The smallest absolute Gasteiger partial charge is 0.0111 e. The third kappa shape index (κ3) is 1.82. The van der Waals surface area contributed by atoms with Crippen LogP contribution in [0.2, 0.25) is 0 Å². The predicted molar refractivity (Wildman–Crippen MR) is 97.2 cm³/mol. The fourth-order valence-corrected chi connectivity index (χ4v) is 4.33. The Kier molecular flexibility index (Phi) is 3.47. The molecule has 0 saturated heterocycles. The molecule has 0 aromatic heterocycles. The van der Waals surface area contributed by atoms with Crippen molar-refractivity contribution in [1.82, 2.24) is 0 Å². The van der Waals surface area contributed by atoms with Crippen molar-refractivity contribution in [3.63, 3.8) is 0 Å². The number of benzene rings is 2. The van der Waals surface area contributed by atoms with Crippen molar-refractivity contribution in [2.24, 2.45) is 0 Å². The third-order valence-electron chi connectivity index (χ3n) is 6.51. The summed E-state index contributed by atoms with van der Waals surface area (Å²) in [6.07, 6.45) is 2.39. The summed E-state index contributed by atoms with van der Waals surface area (Å²) in [5.74, 6) is 0. The Labute approximate surface area is 135 Å². The van der Waals surface area contributed by atoms with Crippen molar-refractivity contribution in [2.75, 3.05) is 0 Å². The van der Waals surface area contributed by atoms with Gasteiger partial charge in [0.05, 0.1) is 0 Å². The van der Waals surface area contributed by atoms with Gasteiger partial charge in [-0.3, -0.25) is 0 Å². The highest BCUT2D eigenvalue weighted by Crippen LogP contribution is 2.44.